The fourth-order valence-corrected chi connectivity index (χ4v) is 2.50. The molecule has 7 heteroatoms. The molecule has 0 radical (unpaired) electrons. The molecule has 1 aromatic carbocycles. The van der Waals surface area contributed by atoms with Crippen molar-refractivity contribution in [1.82, 2.24) is 4.98 Å². The van der Waals surface area contributed by atoms with Gasteiger partial charge in [0.2, 0.25) is 0 Å². The maximum absolute atomic E-state index is 12.0. The molecule has 5 nitrogen and oxygen atoms in total. The zero-order valence-corrected chi connectivity index (χ0v) is 13.8. The van der Waals surface area contributed by atoms with Gasteiger partial charge in [0, 0.05) is 5.02 Å². The van der Waals surface area contributed by atoms with Crippen LogP contribution in [0.3, 0.4) is 0 Å². The second kappa shape index (κ2) is 6.54. The van der Waals surface area contributed by atoms with Crippen molar-refractivity contribution in [2.75, 3.05) is 24.7 Å². The molecule has 1 amide bonds. The average Bonchev–Trinajstić information content (AvgIpc) is 2.51. The lowest BCUT2D eigenvalue weighted by Gasteiger charge is -2.28. The number of halogens is 2. The number of amides is 1. The standard InChI is InChI=1S/C15H12BrClN2O3/c16-13-6-5-12-15(18-13)19(14(20)9-22-12)7-8-21-11-3-1-10(17)2-4-11/h1-6H,7-9H2. The molecule has 1 aromatic heterocycles. The molecule has 0 atom stereocenters. The summed E-state index contributed by atoms with van der Waals surface area (Å²) >= 11 is 9.12. The third-order valence-corrected chi connectivity index (χ3v) is 3.80. The average molecular weight is 384 g/mol. The van der Waals surface area contributed by atoms with Gasteiger partial charge in [-0.05, 0) is 52.3 Å². The maximum atomic E-state index is 12.0. The van der Waals surface area contributed by atoms with Gasteiger partial charge in [0.1, 0.15) is 17.0 Å². The van der Waals surface area contributed by atoms with E-state index in [1.807, 2.05) is 0 Å². The van der Waals surface area contributed by atoms with Crippen molar-refractivity contribution in [2.45, 2.75) is 0 Å². The number of aromatic nitrogens is 1. The van der Waals surface area contributed by atoms with Crippen LogP contribution in [0.25, 0.3) is 0 Å². The van der Waals surface area contributed by atoms with Gasteiger partial charge in [-0.25, -0.2) is 4.98 Å². The first-order valence-electron chi connectivity index (χ1n) is 6.61. The Morgan fingerprint density at radius 3 is 2.82 bits per heavy atom. The maximum Gasteiger partial charge on any atom is 0.266 e. The van der Waals surface area contributed by atoms with E-state index in [1.54, 1.807) is 41.3 Å². The third-order valence-electron chi connectivity index (χ3n) is 3.11. The van der Waals surface area contributed by atoms with Crippen LogP contribution in [0.15, 0.2) is 41.0 Å². The van der Waals surface area contributed by atoms with E-state index in [-0.39, 0.29) is 12.5 Å². The number of fused-ring (bicyclic) bond motifs is 1. The van der Waals surface area contributed by atoms with E-state index >= 15 is 0 Å². The van der Waals surface area contributed by atoms with Crippen LogP contribution in [0.1, 0.15) is 0 Å². The lowest BCUT2D eigenvalue weighted by molar-refractivity contribution is -0.121. The van der Waals surface area contributed by atoms with Crippen LogP contribution >= 0.6 is 27.5 Å². The van der Waals surface area contributed by atoms with E-state index in [1.165, 1.54) is 0 Å². The molecule has 1 aliphatic heterocycles. The number of nitrogens with zero attached hydrogens (tertiary/aromatic N) is 2. The smallest absolute Gasteiger partial charge is 0.266 e. The molecule has 114 valence electrons. The Morgan fingerprint density at radius 2 is 2.05 bits per heavy atom. The molecule has 3 rings (SSSR count). The molecule has 0 aliphatic carbocycles. The van der Waals surface area contributed by atoms with E-state index in [4.69, 9.17) is 21.1 Å². The minimum atomic E-state index is -0.141. The summed E-state index contributed by atoms with van der Waals surface area (Å²) in [6, 6.07) is 10.6. The van der Waals surface area contributed by atoms with Gasteiger partial charge in [-0.1, -0.05) is 11.6 Å². The second-order valence-electron chi connectivity index (χ2n) is 4.59. The van der Waals surface area contributed by atoms with Gasteiger partial charge in [-0.15, -0.1) is 0 Å². The number of anilines is 1. The highest BCUT2D eigenvalue weighted by Crippen LogP contribution is 2.31. The molecule has 0 spiro atoms. The lowest BCUT2D eigenvalue weighted by atomic mass is 10.3. The van der Waals surface area contributed by atoms with E-state index in [2.05, 4.69) is 20.9 Å². The third kappa shape index (κ3) is 3.34. The summed E-state index contributed by atoms with van der Waals surface area (Å²) in [5.74, 6) is 1.66. The summed E-state index contributed by atoms with van der Waals surface area (Å²) in [5, 5.41) is 0.652. The quantitative estimate of drug-likeness (QED) is 0.760. The summed E-state index contributed by atoms with van der Waals surface area (Å²) in [4.78, 5) is 17.9. The molecule has 0 N–H and O–H groups in total. The summed E-state index contributed by atoms with van der Waals surface area (Å²) in [6.07, 6.45) is 0. The summed E-state index contributed by atoms with van der Waals surface area (Å²) in [6.45, 7) is 0.750. The second-order valence-corrected chi connectivity index (χ2v) is 5.84. The van der Waals surface area contributed by atoms with E-state index < -0.39 is 0 Å². The molecule has 1 aliphatic rings. The number of ether oxygens (including phenoxy) is 2. The van der Waals surface area contributed by atoms with Crippen LogP contribution in [-0.2, 0) is 4.79 Å². The van der Waals surface area contributed by atoms with Crippen LogP contribution < -0.4 is 14.4 Å². The minimum Gasteiger partial charge on any atom is -0.492 e. The van der Waals surface area contributed by atoms with Crippen LogP contribution in [0, 0.1) is 0 Å². The number of carbonyl (C=O) groups excluding carboxylic acids is 1. The highest BCUT2D eigenvalue weighted by atomic mass is 79.9. The van der Waals surface area contributed by atoms with Gasteiger partial charge in [-0.2, -0.15) is 0 Å². The Hall–Kier alpha value is -1.79. The lowest BCUT2D eigenvalue weighted by Crippen LogP contribution is -2.41. The summed E-state index contributed by atoms with van der Waals surface area (Å²) < 4.78 is 11.6. The molecule has 0 unspecified atom stereocenters. The monoisotopic (exact) mass is 382 g/mol. The fraction of sp³-hybridized carbons (Fsp3) is 0.200. The SMILES string of the molecule is O=C1COc2ccc(Br)nc2N1CCOc1ccc(Cl)cc1. The number of rotatable bonds is 4. The van der Waals surface area contributed by atoms with E-state index in [0.29, 0.717) is 40.1 Å². The Morgan fingerprint density at radius 1 is 1.27 bits per heavy atom. The van der Waals surface area contributed by atoms with Gasteiger partial charge < -0.3 is 9.47 Å². The molecule has 0 fully saturated rings. The highest BCUT2D eigenvalue weighted by Gasteiger charge is 2.26. The molecular formula is C15H12BrClN2O3. The van der Waals surface area contributed by atoms with Gasteiger partial charge in [0.25, 0.3) is 5.91 Å². The van der Waals surface area contributed by atoms with Crippen molar-refractivity contribution < 1.29 is 14.3 Å². The Bertz CT molecular complexity index is 694. The number of pyridine rings is 1. The first-order chi connectivity index (χ1) is 10.6. The van der Waals surface area contributed by atoms with Gasteiger partial charge in [0.15, 0.2) is 18.2 Å². The van der Waals surface area contributed by atoms with Crippen molar-refractivity contribution in [1.29, 1.82) is 0 Å². The van der Waals surface area contributed by atoms with Crippen molar-refractivity contribution >= 4 is 39.3 Å². The Balaban J connectivity index is 1.68. The molecular weight excluding hydrogens is 372 g/mol. The number of hydrogen-bond acceptors (Lipinski definition) is 4. The van der Waals surface area contributed by atoms with Gasteiger partial charge in [-0.3, -0.25) is 9.69 Å². The van der Waals surface area contributed by atoms with Crippen molar-refractivity contribution in [3.63, 3.8) is 0 Å². The summed E-state index contributed by atoms with van der Waals surface area (Å²) in [5.41, 5.74) is 0. The van der Waals surface area contributed by atoms with Crippen molar-refractivity contribution in [3.05, 3.63) is 46.0 Å². The minimum absolute atomic E-state index is 0.0112. The van der Waals surface area contributed by atoms with Crippen molar-refractivity contribution in [3.8, 4) is 11.5 Å². The largest absolute Gasteiger partial charge is 0.492 e. The van der Waals surface area contributed by atoms with Crippen molar-refractivity contribution in [2.24, 2.45) is 0 Å². The topological polar surface area (TPSA) is 51.7 Å². The number of carbonyl (C=O) groups is 1. The number of benzene rings is 1. The molecule has 0 saturated carbocycles. The van der Waals surface area contributed by atoms with Crippen LogP contribution in [-0.4, -0.2) is 30.6 Å². The summed E-state index contributed by atoms with van der Waals surface area (Å²) in [7, 11) is 0. The van der Waals surface area contributed by atoms with Crippen LogP contribution in [0.5, 0.6) is 11.5 Å². The van der Waals surface area contributed by atoms with Crippen LogP contribution in [0.4, 0.5) is 5.82 Å². The zero-order chi connectivity index (χ0) is 15.5. The highest BCUT2D eigenvalue weighted by molar-refractivity contribution is 9.10. The Kier molecular flexibility index (Phi) is 4.49. The molecule has 0 saturated heterocycles. The first kappa shape index (κ1) is 15.1. The fourth-order valence-electron chi connectivity index (χ4n) is 2.07. The predicted octanol–water partition coefficient (Wildman–Crippen LogP) is 3.30. The normalized spacial score (nSPS) is 13.5. The molecule has 2 aromatic rings. The number of hydrogen-bond donors (Lipinski definition) is 0. The van der Waals surface area contributed by atoms with Gasteiger partial charge >= 0.3 is 0 Å². The molecule has 2 heterocycles. The predicted molar refractivity (Wildman–Crippen MR) is 86.7 cm³/mol. The van der Waals surface area contributed by atoms with E-state index in [0.717, 1.165) is 0 Å². The van der Waals surface area contributed by atoms with Gasteiger partial charge in [0.05, 0.1) is 6.54 Å². The first-order valence-corrected chi connectivity index (χ1v) is 7.78. The molecule has 22 heavy (non-hydrogen) atoms. The van der Waals surface area contributed by atoms with E-state index in [9.17, 15) is 4.79 Å². The Labute approximate surface area is 140 Å². The zero-order valence-electron chi connectivity index (χ0n) is 11.5. The molecule has 0 bridgehead atoms. The van der Waals surface area contributed by atoms with Crippen LogP contribution in [0.2, 0.25) is 5.02 Å².